The molecule has 0 saturated carbocycles. The summed E-state index contributed by atoms with van der Waals surface area (Å²) in [6.45, 7) is 2.09. The van der Waals surface area contributed by atoms with E-state index < -0.39 is 0 Å². The zero-order valence-corrected chi connectivity index (χ0v) is 9.94. The Hall–Kier alpha value is -0.640. The number of hydrogen-bond acceptors (Lipinski definition) is 3. The molecule has 0 bridgehead atoms. The molecular formula is C10H14Cl2N2O. The molecule has 1 aromatic rings. The molecule has 0 aromatic heterocycles. The van der Waals surface area contributed by atoms with Crippen LogP contribution in [0.25, 0.3) is 0 Å². The highest BCUT2D eigenvalue weighted by atomic mass is 35.5. The smallest absolute Gasteiger partial charge is 0.0614 e. The summed E-state index contributed by atoms with van der Waals surface area (Å²) in [4.78, 5) is 0. The second-order valence-corrected chi connectivity index (χ2v) is 4.23. The van der Waals surface area contributed by atoms with Gasteiger partial charge < -0.3 is 16.2 Å². The number of nitrogens with two attached hydrogens (primary N) is 1. The van der Waals surface area contributed by atoms with E-state index in [4.69, 9.17) is 34.0 Å². The lowest BCUT2D eigenvalue weighted by atomic mass is 10.2. The third-order valence-corrected chi connectivity index (χ3v) is 2.78. The molecule has 1 unspecified atom stereocenters. The van der Waals surface area contributed by atoms with Crippen molar-refractivity contribution in [1.29, 1.82) is 0 Å². The highest BCUT2D eigenvalue weighted by Gasteiger charge is 2.07. The highest BCUT2D eigenvalue weighted by Crippen LogP contribution is 2.31. The van der Waals surface area contributed by atoms with Gasteiger partial charge in [0.25, 0.3) is 0 Å². The summed E-state index contributed by atoms with van der Waals surface area (Å²) >= 11 is 11.7. The minimum Gasteiger partial charge on any atom is -0.397 e. The van der Waals surface area contributed by atoms with Crippen LogP contribution >= 0.6 is 23.2 Å². The van der Waals surface area contributed by atoms with Crippen molar-refractivity contribution in [2.45, 2.75) is 19.4 Å². The van der Waals surface area contributed by atoms with Crippen LogP contribution < -0.4 is 11.1 Å². The number of aliphatic hydroxyl groups excluding tert-OH is 1. The van der Waals surface area contributed by atoms with Crippen LogP contribution in [0.2, 0.25) is 10.0 Å². The Kier molecular flexibility index (Phi) is 4.51. The van der Waals surface area contributed by atoms with Crippen LogP contribution in [0.5, 0.6) is 0 Å². The number of nitrogen functional groups attached to an aromatic ring is 1. The molecular weight excluding hydrogens is 235 g/mol. The van der Waals surface area contributed by atoms with Crippen molar-refractivity contribution in [3.05, 3.63) is 22.2 Å². The molecule has 0 fully saturated rings. The fourth-order valence-corrected chi connectivity index (χ4v) is 1.55. The Balaban J connectivity index is 2.81. The second kappa shape index (κ2) is 5.45. The van der Waals surface area contributed by atoms with Gasteiger partial charge in [0.05, 0.1) is 21.4 Å². The van der Waals surface area contributed by atoms with Gasteiger partial charge in [-0.2, -0.15) is 0 Å². The molecule has 3 nitrogen and oxygen atoms in total. The average Bonchev–Trinajstić information content (AvgIpc) is 2.14. The van der Waals surface area contributed by atoms with E-state index in [0.29, 0.717) is 22.2 Å². The van der Waals surface area contributed by atoms with Gasteiger partial charge in [-0.25, -0.2) is 0 Å². The quantitative estimate of drug-likeness (QED) is 0.719. The molecule has 1 atom stereocenters. The Bertz CT molecular complexity index is 344. The number of rotatable bonds is 4. The van der Waals surface area contributed by atoms with Gasteiger partial charge in [-0.15, -0.1) is 0 Å². The van der Waals surface area contributed by atoms with Crippen molar-refractivity contribution in [3.8, 4) is 0 Å². The van der Waals surface area contributed by atoms with Crippen LogP contribution in [0.3, 0.4) is 0 Å². The molecule has 0 heterocycles. The molecule has 5 heteroatoms. The first-order valence-electron chi connectivity index (χ1n) is 4.66. The SMILES string of the molecule is CC(CCO)Nc1cc(Cl)c(Cl)cc1N. The number of anilines is 2. The minimum absolute atomic E-state index is 0.134. The van der Waals surface area contributed by atoms with Crippen LogP contribution in [0.4, 0.5) is 11.4 Å². The second-order valence-electron chi connectivity index (χ2n) is 3.41. The number of nitrogens with one attached hydrogen (secondary N) is 1. The molecule has 15 heavy (non-hydrogen) atoms. The Labute approximate surface area is 99.2 Å². The maximum atomic E-state index is 8.76. The van der Waals surface area contributed by atoms with E-state index in [1.807, 2.05) is 6.92 Å². The summed E-state index contributed by atoms with van der Waals surface area (Å²) in [5, 5.41) is 12.8. The van der Waals surface area contributed by atoms with E-state index in [-0.39, 0.29) is 12.6 Å². The van der Waals surface area contributed by atoms with E-state index in [0.717, 1.165) is 5.69 Å². The number of benzene rings is 1. The fraction of sp³-hybridized carbons (Fsp3) is 0.400. The first-order chi connectivity index (χ1) is 7.04. The number of aliphatic hydroxyl groups is 1. The summed E-state index contributed by atoms with van der Waals surface area (Å²) in [6.07, 6.45) is 0.652. The van der Waals surface area contributed by atoms with E-state index in [1.54, 1.807) is 12.1 Å². The molecule has 0 saturated heterocycles. The first-order valence-corrected chi connectivity index (χ1v) is 5.42. The highest BCUT2D eigenvalue weighted by molar-refractivity contribution is 6.42. The van der Waals surface area contributed by atoms with Gasteiger partial charge in [0.2, 0.25) is 0 Å². The van der Waals surface area contributed by atoms with Crippen molar-refractivity contribution in [2.24, 2.45) is 0 Å². The third kappa shape index (κ3) is 3.45. The van der Waals surface area contributed by atoms with Gasteiger partial charge in [-0.3, -0.25) is 0 Å². The third-order valence-electron chi connectivity index (χ3n) is 2.06. The minimum atomic E-state index is 0.134. The van der Waals surface area contributed by atoms with Gasteiger partial charge in [-0.05, 0) is 25.5 Å². The van der Waals surface area contributed by atoms with Gasteiger partial charge in [-0.1, -0.05) is 23.2 Å². The van der Waals surface area contributed by atoms with E-state index in [2.05, 4.69) is 5.32 Å². The molecule has 4 N–H and O–H groups in total. The predicted octanol–water partition coefficient (Wildman–Crippen LogP) is 2.76. The summed E-state index contributed by atoms with van der Waals surface area (Å²) in [5.74, 6) is 0. The van der Waals surface area contributed by atoms with Crippen molar-refractivity contribution in [3.63, 3.8) is 0 Å². The van der Waals surface area contributed by atoms with Crippen LogP contribution in [0.1, 0.15) is 13.3 Å². The normalized spacial score (nSPS) is 12.5. The van der Waals surface area contributed by atoms with Gasteiger partial charge in [0.1, 0.15) is 0 Å². The maximum Gasteiger partial charge on any atom is 0.0614 e. The van der Waals surface area contributed by atoms with Crippen LogP contribution in [-0.4, -0.2) is 17.8 Å². The van der Waals surface area contributed by atoms with Crippen LogP contribution in [0.15, 0.2) is 12.1 Å². The first kappa shape index (κ1) is 12.4. The van der Waals surface area contributed by atoms with Crippen LogP contribution in [0, 0.1) is 0 Å². The van der Waals surface area contributed by atoms with E-state index in [1.165, 1.54) is 0 Å². The summed E-state index contributed by atoms with van der Waals surface area (Å²) in [6, 6.07) is 3.43. The van der Waals surface area contributed by atoms with Crippen molar-refractivity contribution in [2.75, 3.05) is 17.7 Å². The lowest BCUT2D eigenvalue weighted by molar-refractivity contribution is 0.282. The Morgan fingerprint density at radius 1 is 1.40 bits per heavy atom. The molecule has 0 aliphatic heterocycles. The lowest BCUT2D eigenvalue weighted by Crippen LogP contribution is -2.17. The topological polar surface area (TPSA) is 58.3 Å². The van der Waals surface area contributed by atoms with Gasteiger partial charge in [0, 0.05) is 12.6 Å². The summed E-state index contributed by atoms with van der Waals surface area (Å²) in [7, 11) is 0. The van der Waals surface area contributed by atoms with Crippen molar-refractivity contribution < 1.29 is 5.11 Å². The zero-order chi connectivity index (χ0) is 11.4. The Morgan fingerprint density at radius 3 is 2.60 bits per heavy atom. The van der Waals surface area contributed by atoms with Crippen molar-refractivity contribution in [1.82, 2.24) is 0 Å². The summed E-state index contributed by atoms with van der Waals surface area (Å²) in [5.41, 5.74) is 7.06. The van der Waals surface area contributed by atoms with E-state index in [9.17, 15) is 0 Å². The molecule has 0 aliphatic carbocycles. The maximum absolute atomic E-state index is 8.76. The predicted molar refractivity (Wildman–Crippen MR) is 65.7 cm³/mol. The molecule has 0 radical (unpaired) electrons. The van der Waals surface area contributed by atoms with E-state index >= 15 is 0 Å². The molecule has 84 valence electrons. The van der Waals surface area contributed by atoms with Crippen molar-refractivity contribution >= 4 is 34.6 Å². The standard InChI is InChI=1S/C10H14Cl2N2O/c1-6(2-3-15)14-10-5-8(12)7(11)4-9(10)13/h4-6,14-15H,2-3,13H2,1H3. The average molecular weight is 249 g/mol. The fourth-order valence-electron chi connectivity index (χ4n) is 1.22. The molecule has 1 aromatic carbocycles. The van der Waals surface area contributed by atoms with Gasteiger partial charge in [0.15, 0.2) is 0 Å². The number of halogens is 2. The number of hydrogen-bond donors (Lipinski definition) is 3. The lowest BCUT2D eigenvalue weighted by Gasteiger charge is -2.16. The van der Waals surface area contributed by atoms with Gasteiger partial charge >= 0.3 is 0 Å². The zero-order valence-electron chi connectivity index (χ0n) is 8.43. The Morgan fingerprint density at radius 2 is 2.00 bits per heavy atom. The van der Waals surface area contributed by atoms with Crippen LogP contribution in [-0.2, 0) is 0 Å². The monoisotopic (exact) mass is 248 g/mol. The molecule has 0 spiro atoms. The molecule has 0 aliphatic rings. The molecule has 0 amide bonds. The largest absolute Gasteiger partial charge is 0.397 e. The molecule has 1 rings (SSSR count). The summed E-state index contributed by atoms with van der Waals surface area (Å²) < 4.78 is 0.